The van der Waals surface area contributed by atoms with Crippen molar-refractivity contribution in [1.82, 2.24) is 4.98 Å². The zero-order valence-corrected chi connectivity index (χ0v) is 38.4. The molecule has 0 spiro atoms. The van der Waals surface area contributed by atoms with E-state index in [1.54, 1.807) is 5.57 Å². The van der Waals surface area contributed by atoms with E-state index in [9.17, 15) is 5.11 Å². The largest absolute Gasteiger partial charge is 0.443 e. The topological polar surface area (TPSA) is 64.7 Å². The molecule has 7 atom stereocenters. The van der Waals surface area contributed by atoms with E-state index in [2.05, 4.69) is 101 Å². The van der Waals surface area contributed by atoms with Gasteiger partial charge in [0.1, 0.15) is 11.4 Å². The molecular formula is C46H79NO4Si2. The molecule has 4 aliphatic carbocycles. The molecule has 5 rings (SSSR count). The Bertz CT molecular complexity index is 1490. The van der Waals surface area contributed by atoms with E-state index >= 15 is 0 Å². The highest BCUT2D eigenvalue weighted by Gasteiger charge is 2.54. The molecule has 4 fully saturated rings. The number of allylic oxidation sites excluding steroid dienone is 3. The fraction of sp³-hybridized carbons (Fsp3) is 0.804. The minimum Gasteiger partial charge on any atom is -0.443 e. The standard InChI is InChI=1S/C46H79NO4Si2/c1-15-16-19-37-31-47-42(49-37)46(51-53(13,14)44(7,8)9)29-36(33(3)41(30-46)50-52(11,12)43(4,5)6)24-21-34-18-17-28-45(10)38(25-26-39(34)45)32(2)20-27-40(48)35-22-23-35/h21,24,31-32,35,38-41,48H,3,15-20,22-23,25-30H2,1-2,4-14H3/t32-,38-,39+,40?,41+,45-,46-/m1/s1. The van der Waals surface area contributed by atoms with Gasteiger partial charge in [0, 0.05) is 19.3 Å². The molecule has 5 nitrogen and oxygen atoms in total. The second-order valence-electron chi connectivity index (χ2n) is 21.4. The van der Waals surface area contributed by atoms with Crippen molar-refractivity contribution in [2.75, 3.05) is 0 Å². The molecule has 1 aromatic rings. The second kappa shape index (κ2) is 15.9. The minimum absolute atomic E-state index is 0.0203. The Hall–Kier alpha value is -1.26. The molecule has 0 aromatic carbocycles. The van der Waals surface area contributed by atoms with Gasteiger partial charge in [-0.05, 0) is 141 Å². The van der Waals surface area contributed by atoms with E-state index in [4.69, 9.17) is 24.8 Å². The molecule has 4 saturated carbocycles. The van der Waals surface area contributed by atoms with Crippen molar-refractivity contribution in [3.05, 3.63) is 53.3 Å². The Labute approximate surface area is 327 Å². The molecule has 300 valence electrons. The van der Waals surface area contributed by atoms with Crippen molar-refractivity contribution in [2.24, 2.45) is 29.1 Å². The maximum absolute atomic E-state index is 10.7. The van der Waals surface area contributed by atoms with Gasteiger partial charge in [0.25, 0.3) is 0 Å². The number of rotatable bonds is 14. The van der Waals surface area contributed by atoms with Crippen LogP contribution in [0, 0.1) is 29.1 Å². The van der Waals surface area contributed by atoms with E-state index in [0.29, 0.717) is 41.9 Å². The number of aliphatic hydroxyl groups is 1. The van der Waals surface area contributed by atoms with Crippen molar-refractivity contribution in [2.45, 2.75) is 206 Å². The molecule has 53 heavy (non-hydrogen) atoms. The number of fused-ring (bicyclic) bond motifs is 1. The molecule has 0 bridgehead atoms. The smallest absolute Gasteiger partial charge is 0.225 e. The molecular weight excluding hydrogens is 687 g/mol. The van der Waals surface area contributed by atoms with Gasteiger partial charge in [-0.2, -0.15) is 0 Å². The van der Waals surface area contributed by atoms with Crippen LogP contribution in [-0.4, -0.2) is 38.9 Å². The molecule has 0 aliphatic heterocycles. The number of aromatic nitrogens is 1. The van der Waals surface area contributed by atoms with E-state index in [0.717, 1.165) is 49.4 Å². The van der Waals surface area contributed by atoms with Crippen LogP contribution < -0.4 is 0 Å². The van der Waals surface area contributed by atoms with Crippen molar-refractivity contribution in [1.29, 1.82) is 0 Å². The zero-order valence-electron chi connectivity index (χ0n) is 36.4. The highest BCUT2D eigenvalue weighted by atomic mass is 28.4. The lowest BCUT2D eigenvalue weighted by Gasteiger charge is -2.50. The van der Waals surface area contributed by atoms with Crippen LogP contribution in [0.15, 0.2) is 46.1 Å². The fourth-order valence-corrected chi connectivity index (χ4v) is 12.4. The Morgan fingerprint density at radius 3 is 2.32 bits per heavy atom. The number of nitrogens with zero attached hydrogens (tertiary/aromatic N) is 1. The SMILES string of the molecule is C=C1C(=CC=C2CCC[C@]3(C)[C@@H]([C@H](C)CCC(O)C4CC4)CC[C@@H]23)C[C@](O[Si](C)(C)C(C)(C)C)(c2ncc(CCCC)o2)C[C@@H]1O[Si](C)(C)C(C)(C)C. The number of unbranched alkanes of at least 4 members (excludes halogenated alkanes) is 1. The quantitative estimate of drug-likeness (QED) is 0.191. The minimum atomic E-state index is -2.29. The lowest BCUT2D eigenvalue weighted by Crippen LogP contribution is -2.53. The molecule has 0 amide bonds. The summed E-state index contributed by atoms with van der Waals surface area (Å²) in [6.45, 7) is 35.5. The summed E-state index contributed by atoms with van der Waals surface area (Å²) in [6, 6.07) is 0. The number of oxazole rings is 1. The van der Waals surface area contributed by atoms with Gasteiger partial charge in [-0.1, -0.05) is 93.0 Å². The summed E-state index contributed by atoms with van der Waals surface area (Å²) in [5.41, 5.74) is 3.54. The molecule has 1 unspecified atom stereocenters. The van der Waals surface area contributed by atoms with Crippen LogP contribution in [0.4, 0.5) is 0 Å². The highest BCUT2D eigenvalue weighted by Crippen LogP contribution is 2.60. The molecule has 1 heterocycles. The van der Waals surface area contributed by atoms with Crippen LogP contribution in [0.2, 0.25) is 36.3 Å². The normalized spacial score (nSPS) is 31.7. The van der Waals surface area contributed by atoms with E-state index in [1.807, 2.05) is 6.20 Å². The number of hydrogen-bond donors (Lipinski definition) is 1. The predicted molar refractivity (Wildman–Crippen MR) is 227 cm³/mol. The summed E-state index contributed by atoms with van der Waals surface area (Å²) in [4.78, 5) is 5.03. The lowest BCUT2D eigenvalue weighted by atomic mass is 9.60. The number of aliphatic hydroxyl groups excluding tert-OH is 1. The van der Waals surface area contributed by atoms with E-state index in [1.165, 1.54) is 50.5 Å². The third-order valence-electron chi connectivity index (χ3n) is 15.3. The first-order valence-electron chi connectivity index (χ1n) is 21.6. The summed E-state index contributed by atoms with van der Waals surface area (Å²) in [5, 5.41) is 10.7. The van der Waals surface area contributed by atoms with Gasteiger partial charge in [-0.25, -0.2) is 4.98 Å². The summed E-state index contributed by atoms with van der Waals surface area (Å²) in [7, 11) is -4.46. The zero-order chi connectivity index (χ0) is 39.2. The Morgan fingerprint density at radius 1 is 1.02 bits per heavy atom. The Balaban J connectivity index is 1.52. The maximum atomic E-state index is 10.7. The first-order valence-corrected chi connectivity index (χ1v) is 27.5. The summed E-state index contributed by atoms with van der Waals surface area (Å²) in [5.74, 6) is 4.23. The van der Waals surface area contributed by atoms with Crippen molar-refractivity contribution >= 4 is 16.6 Å². The molecule has 4 aliphatic rings. The average Bonchev–Trinajstić information content (AvgIpc) is 3.68. The monoisotopic (exact) mass is 766 g/mol. The van der Waals surface area contributed by atoms with Crippen LogP contribution >= 0.6 is 0 Å². The fourth-order valence-electron chi connectivity index (χ4n) is 9.62. The van der Waals surface area contributed by atoms with E-state index < -0.39 is 22.2 Å². The van der Waals surface area contributed by atoms with Gasteiger partial charge in [-0.15, -0.1) is 0 Å². The van der Waals surface area contributed by atoms with Crippen LogP contribution in [0.25, 0.3) is 0 Å². The Kier molecular flexibility index (Phi) is 12.9. The number of hydrogen-bond acceptors (Lipinski definition) is 5. The summed E-state index contributed by atoms with van der Waals surface area (Å²) in [6.07, 6.45) is 22.0. The highest BCUT2D eigenvalue weighted by molar-refractivity contribution is 6.74. The average molecular weight is 766 g/mol. The first-order chi connectivity index (χ1) is 24.5. The molecule has 0 radical (unpaired) electrons. The van der Waals surface area contributed by atoms with Crippen LogP contribution in [0.3, 0.4) is 0 Å². The van der Waals surface area contributed by atoms with Crippen molar-refractivity contribution in [3.8, 4) is 0 Å². The third kappa shape index (κ3) is 9.32. The van der Waals surface area contributed by atoms with Crippen LogP contribution in [-0.2, 0) is 20.9 Å². The second-order valence-corrected chi connectivity index (χ2v) is 30.8. The van der Waals surface area contributed by atoms with Gasteiger partial charge >= 0.3 is 0 Å². The third-order valence-corrected chi connectivity index (χ3v) is 24.3. The summed E-state index contributed by atoms with van der Waals surface area (Å²) >= 11 is 0. The molecule has 0 saturated heterocycles. The Morgan fingerprint density at radius 2 is 1.70 bits per heavy atom. The van der Waals surface area contributed by atoms with Crippen molar-refractivity contribution in [3.63, 3.8) is 0 Å². The van der Waals surface area contributed by atoms with Crippen molar-refractivity contribution < 1.29 is 18.4 Å². The van der Waals surface area contributed by atoms with Gasteiger partial charge < -0.3 is 18.4 Å². The predicted octanol–water partition coefficient (Wildman–Crippen LogP) is 13.2. The van der Waals surface area contributed by atoms with Crippen LogP contribution in [0.1, 0.15) is 157 Å². The van der Waals surface area contributed by atoms with Crippen LogP contribution in [0.5, 0.6) is 0 Å². The van der Waals surface area contributed by atoms with Gasteiger partial charge in [0.15, 0.2) is 16.6 Å². The van der Waals surface area contributed by atoms with Gasteiger partial charge in [0.05, 0.1) is 18.4 Å². The molecule has 7 heteroatoms. The molecule has 1 N–H and O–H groups in total. The maximum Gasteiger partial charge on any atom is 0.225 e. The first kappa shape index (κ1) is 42.9. The number of aryl methyl sites for hydroxylation is 1. The van der Waals surface area contributed by atoms with E-state index in [-0.39, 0.29) is 22.3 Å². The van der Waals surface area contributed by atoms with Gasteiger partial charge in [0.2, 0.25) is 5.89 Å². The molecule has 1 aromatic heterocycles. The lowest BCUT2D eigenvalue weighted by molar-refractivity contribution is -0.0234. The van der Waals surface area contributed by atoms with Gasteiger partial charge in [-0.3, -0.25) is 0 Å². The summed E-state index contributed by atoms with van der Waals surface area (Å²) < 4.78 is 21.7.